The number of ether oxygens (including phenoxy) is 1. The second-order valence-corrected chi connectivity index (χ2v) is 5.95. The molecule has 2 aromatic carbocycles. The van der Waals surface area contributed by atoms with Crippen LogP contribution in [0.25, 0.3) is 6.08 Å². The maximum absolute atomic E-state index is 12.9. The Morgan fingerprint density at radius 2 is 1.73 bits per heavy atom. The van der Waals surface area contributed by atoms with E-state index in [0.717, 1.165) is 29.8 Å². The van der Waals surface area contributed by atoms with Gasteiger partial charge in [-0.1, -0.05) is 18.2 Å². The molecule has 0 aliphatic heterocycles. The van der Waals surface area contributed by atoms with E-state index in [2.05, 4.69) is 0 Å². The second-order valence-electron chi connectivity index (χ2n) is 4.40. The minimum Gasteiger partial charge on any atom is -0.493 e. The van der Waals surface area contributed by atoms with Crippen molar-refractivity contribution in [2.24, 2.45) is 0 Å². The van der Waals surface area contributed by atoms with Crippen molar-refractivity contribution in [2.45, 2.75) is 11.8 Å². The molecule has 0 saturated heterocycles. The smallest absolute Gasteiger partial charge is 0.339 e. The SMILES string of the molecule is C/C=C/c1ccc(OS(=O)(=O)c2ccc(F)cc2)c(OC)c1. The van der Waals surface area contributed by atoms with Crippen LogP contribution in [0.5, 0.6) is 11.5 Å². The first-order valence-corrected chi connectivity index (χ1v) is 7.88. The van der Waals surface area contributed by atoms with E-state index in [0.29, 0.717) is 5.75 Å². The van der Waals surface area contributed by atoms with Gasteiger partial charge in [0.05, 0.1) is 7.11 Å². The van der Waals surface area contributed by atoms with Crippen LogP contribution in [0, 0.1) is 5.82 Å². The van der Waals surface area contributed by atoms with Gasteiger partial charge in [-0.2, -0.15) is 8.42 Å². The van der Waals surface area contributed by atoms with E-state index >= 15 is 0 Å². The van der Waals surface area contributed by atoms with Crippen LogP contribution in [0.1, 0.15) is 12.5 Å². The summed E-state index contributed by atoms with van der Waals surface area (Å²) in [7, 11) is -2.63. The summed E-state index contributed by atoms with van der Waals surface area (Å²) < 4.78 is 47.5. The van der Waals surface area contributed by atoms with Crippen LogP contribution in [-0.2, 0) is 10.1 Å². The monoisotopic (exact) mass is 322 g/mol. The van der Waals surface area contributed by atoms with Crippen LogP contribution in [0.2, 0.25) is 0 Å². The molecule has 2 rings (SSSR count). The van der Waals surface area contributed by atoms with Crippen LogP contribution in [0.15, 0.2) is 53.4 Å². The summed E-state index contributed by atoms with van der Waals surface area (Å²) in [6, 6.07) is 9.28. The van der Waals surface area contributed by atoms with Gasteiger partial charge in [-0.25, -0.2) is 4.39 Å². The fraction of sp³-hybridized carbons (Fsp3) is 0.125. The molecule has 0 aromatic heterocycles. The molecular formula is C16H15FO4S. The molecule has 22 heavy (non-hydrogen) atoms. The normalized spacial score (nSPS) is 11.6. The highest BCUT2D eigenvalue weighted by molar-refractivity contribution is 7.87. The van der Waals surface area contributed by atoms with E-state index in [1.807, 2.05) is 19.1 Å². The van der Waals surface area contributed by atoms with Crippen LogP contribution in [-0.4, -0.2) is 15.5 Å². The van der Waals surface area contributed by atoms with E-state index in [-0.39, 0.29) is 10.6 Å². The molecule has 0 saturated carbocycles. The summed E-state index contributed by atoms with van der Waals surface area (Å²) in [4.78, 5) is -0.131. The van der Waals surface area contributed by atoms with Gasteiger partial charge < -0.3 is 8.92 Å². The number of methoxy groups -OCH3 is 1. The highest BCUT2D eigenvalue weighted by Gasteiger charge is 2.19. The molecule has 6 heteroatoms. The van der Waals surface area contributed by atoms with Crippen LogP contribution < -0.4 is 8.92 Å². The molecule has 0 amide bonds. The average molecular weight is 322 g/mol. The Balaban J connectivity index is 2.35. The molecule has 116 valence electrons. The summed E-state index contributed by atoms with van der Waals surface area (Å²) in [5.74, 6) is -0.159. The van der Waals surface area contributed by atoms with Gasteiger partial charge in [0.25, 0.3) is 0 Å². The van der Waals surface area contributed by atoms with Crippen molar-refractivity contribution in [2.75, 3.05) is 7.11 Å². The molecule has 0 atom stereocenters. The molecule has 0 unspecified atom stereocenters. The molecule has 0 N–H and O–H groups in total. The second kappa shape index (κ2) is 6.62. The molecule has 0 spiro atoms. The fourth-order valence-corrected chi connectivity index (χ4v) is 2.76. The van der Waals surface area contributed by atoms with Crippen molar-refractivity contribution >= 4 is 16.2 Å². The van der Waals surface area contributed by atoms with E-state index in [4.69, 9.17) is 8.92 Å². The summed E-state index contributed by atoms with van der Waals surface area (Å²) in [5.41, 5.74) is 0.853. The van der Waals surface area contributed by atoms with E-state index in [1.165, 1.54) is 13.2 Å². The van der Waals surface area contributed by atoms with Gasteiger partial charge >= 0.3 is 10.1 Å². The molecule has 2 aromatic rings. The highest BCUT2D eigenvalue weighted by Crippen LogP contribution is 2.31. The maximum atomic E-state index is 12.9. The van der Waals surface area contributed by atoms with Gasteiger partial charge in [-0.3, -0.25) is 0 Å². The standard InChI is InChI=1S/C16H15FO4S/c1-3-4-12-5-10-15(16(11-12)20-2)21-22(18,19)14-8-6-13(17)7-9-14/h3-11H,1-2H3/b4-3+. The van der Waals surface area contributed by atoms with E-state index in [9.17, 15) is 12.8 Å². The first kappa shape index (κ1) is 16.0. The minimum atomic E-state index is -4.05. The zero-order chi connectivity index (χ0) is 16.2. The third-order valence-corrected chi connectivity index (χ3v) is 4.10. The molecule has 0 heterocycles. The fourth-order valence-electron chi connectivity index (χ4n) is 1.82. The number of halogens is 1. The number of hydrogen-bond acceptors (Lipinski definition) is 4. The Kier molecular flexibility index (Phi) is 4.82. The molecular weight excluding hydrogens is 307 g/mol. The molecule has 0 bridgehead atoms. The van der Waals surface area contributed by atoms with Crippen molar-refractivity contribution in [3.63, 3.8) is 0 Å². The lowest BCUT2D eigenvalue weighted by Gasteiger charge is -2.11. The van der Waals surface area contributed by atoms with Crippen LogP contribution in [0.3, 0.4) is 0 Å². The van der Waals surface area contributed by atoms with E-state index in [1.54, 1.807) is 12.1 Å². The topological polar surface area (TPSA) is 52.6 Å². The lowest BCUT2D eigenvalue weighted by molar-refractivity contribution is 0.390. The van der Waals surface area contributed by atoms with Gasteiger partial charge in [-0.15, -0.1) is 0 Å². The first-order valence-electron chi connectivity index (χ1n) is 6.47. The van der Waals surface area contributed by atoms with Crippen LogP contribution in [0.4, 0.5) is 4.39 Å². The van der Waals surface area contributed by atoms with Crippen molar-refractivity contribution < 1.29 is 21.7 Å². The minimum absolute atomic E-state index is 0.0695. The number of rotatable bonds is 5. The Morgan fingerprint density at radius 3 is 2.32 bits per heavy atom. The van der Waals surface area contributed by atoms with E-state index < -0.39 is 15.9 Å². The highest BCUT2D eigenvalue weighted by atomic mass is 32.2. The zero-order valence-electron chi connectivity index (χ0n) is 12.1. The van der Waals surface area contributed by atoms with Gasteiger partial charge in [0, 0.05) is 0 Å². The van der Waals surface area contributed by atoms with Crippen LogP contribution >= 0.6 is 0 Å². The Hall–Kier alpha value is -2.34. The van der Waals surface area contributed by atoms with Crippen molar-refractivity contribution in [3.8, 4) is 11.5 Å². The third kappa shape index (κ3) is 3.65. The Labute approximate surface area is 128 Å². The molecule has 0 aliphatic rings. The largest absolute Gasteiger partial charge is 0.493 e. The molecule has 0 radical (unpaired) electrons. The quantitative estimate of drug-likeness (QED) is 0.789. The van der Waals surface area contributed by atoms with Crippen molar-refractivity contribution in [1.82, 2.24) is 0 Å². The summed E-state index contributed by atoms with van der Waals surface area (Å²) >= 11 is 0. The van der Waals surface area contributed by atoms with Gasteiger partial charge in [0.15, 0.2) is 11.5 Å². The molecule has 4 nitrogen and oxygen atoms in total. The lowest BCUT2D eigenvalue weighted by atomic mass is 10.2. The van der Waals surface area contributed by atoms with Gasteiger partial charge in [0.1, 0.15) is 10.7 Å². The lowest BCUT2D eigenvalue weighted by Crippen LogP contribution is -2.10. The predicted octanol–water partition coefficient (Wildman–Crippen LogP) is 3.64. The molecule has 0 aliphatic carbocycles. The Morgan fingerprint density at radius 1 is 1.05 bits per heavy atom. The summed E-state index contributed by atoms with van der Waals surface area (Å²) in [6.45, 7) is 1.87. The third-order valence-electron chi connectivity index (χ3n) is 2.85. The predicted molar refractivity (Wildman–Crippen MR) is 81.9 cm³/mol. The maximum Gasteiger partial charge on any atom is 0.339 e. The number of allylic oxidation sites excluding steroid dienone is 1. The van der Waals surface area contributed by atoms with Crippen molar-refractivity contribution in [1.29, 1.82) is 0 Å². The van der Waals surface area contributed by atoms with Gasteiger partial charge in [-0.05, 0) is 48.9 Å². The number of hydrogen-bond donors (Lipinski definition) is 0. The summed E-state index contributed by atoms with van der Waals surface area (Å²) in [5, 5.41) is 0. The average Bonchev–Trinajstić information content (AvgIpc) is 2.49. The van der Waals surface area contributed by atoms with Gasteiger partial charge in [0.2, 0.25) is 0 Å². The summed E-state index contributed by atoms with van der Waals surface area (Å²) in [6.07, 6.45) is 3.70. The molecule has 0 fully saturated rings. The zero-order valence-corrected chi connectivity index (χ0v) is 12.9. The number of benzene rings is 2. The first-order chi connectivity index (χ1) is 10.5. The van der Waals surface area contributed by atoms with Crippen molar-refractivity contribution in [3.05, 3.63) is 59.9 Å². The Bertz CT molecular complexity index is 780.